The molecule has 2 fully saturated rings. The molecular weight excluding hydrogens is 572 g/mol. The molecule has 0 radical (unpaired) electrons. The molecule has 3 aromatic rings. The van der Waals surface area contributed by atoms with E-state index < -0.39 is 0 Å². The molecule has 1 amide bonds. The number of aliphatic imine (C=N–C) groups is 1. The number of amides is 1. The monoisotopic (exact) mass is 620 g/mol. The fourth-order valence-corrected chi connectivity index (χ4v) is 7.02. The van der Waals surface area contributed by atoms with E-state index in [2.05, 4.69) is 31.6 Å². The number of rotatable bonds is 10. The Labute approximate surface area is 268 Å². The van der Waals surface area contributed by atoms with Crippen molar-refractivity contribution in [1.82, 2.24) is 30.4 Å². The summed E-state index contributed by atoms with van der Waals surface area (Å²) in [5.74, 6) is 3.33. The molecule has 0 spiro atoms. The predicted molar refractivity (Wildman–Crippen MR) is 178 cm³/mol. The van der Waals surface area contributed by atoms with Crippen molar-refractivity contribution >= 4 is 31.0 Å². The van der Waals surface area contributed by atoms with Gasteiger partial charge in [-0.25, -0.2) is 4.99 Å². The lowest BCUT2D eigenvalue weighted by Crippen LogP contribution is -2.50. The minimum Gasteiger partial charge on any atom is -0.457 e. The molecule has 2 saturated carbocycles. The van der Waals surface area contributed by atoms with Crippen LogP contribution in [0.15, 0.2) is 53.5 Å². The van der Waals surface area contributed by atoms with Crippen molar-refractivity contribution in [3.8, 4) is 11.5 Å². The number of H-pyrrole nitrogens is 1. The third-order valence-corrected chi connectivity index (χ3v) is 9.18. The van der Waals surface area contributed by atoms with Crippen LogP contribution in [0.5, 0.6) is 11.5 Å². The number of fused-ring (bicyclic) bond motifs is 1. The van der Waals surface area contributed by atoms with Gasteiger partial charge in [0.15, 0.2) is 11.8 Å². The van der Waals surface area contributed by atoms with Crippen molar-refractivity contribution in [2.24, 2.45) is 16.6 Å². The SMILES string of the molecule is C.NC1=Nc2ccc(Oc3ccccc3)cc2CN1[C@@H](CCC(=O)N(Cc1nn[nH]n1)C1CCCCC1)C1CCCCC1.S. The van der Waals surface area contributed by atoms with Crippen LogP contribution in [0.1, 0.15) is 95.9 Å². The number of tetrazole rings is 1. The lowest BCUT2D eigenvalue weighted by atomic mass is 9.81. The number of nitrogens with one attached hydrogen (secondary N) is 1. The Kier molecular flexibility index (Phi) is 12.1. The van der Waals surface area contributed by atoms with Gasteiger partial charge in [0.2, 0.25) is 5.91 Å². The van der Waals surface area contributed by atoms with Crippen LogP contribution in [0, 0.1) is 5.92 Å². The highest BCUT2D eigenvalue weighted by atomic mass is 32.1. The zero-order valence-electron chi connectivity index (χ0n) is 24.8. The number of carbonyl (C=O) groups excluding carboxylic acids is 1. The highest BCUT2D eigenvalue weighted by molar-refractivity contribution is 7.59. The van der Waals surface area contributed by atoms with E-state index in [9.17, 15) is 4.79 Å². The van der Waals surface area contributed by atoms with Crippen molar-refractivity contribution in [1.29, 1.82) is 0 Å². The summed E-state index contributed by atoms with van der Waals surface area (Å²) >= 11 is 0. The number of benzene rings is 2. The van der Waals surface area contributed by atoms with Gasteiger partial charge < -0.3 is 20.3 Å². The fourth-order valence-electron chi connectivity index (χ4n) is 7.02. The first kappa shape index (κ1) is 33.3. The zero-order valence-corrected chi connectivity index (χ0v) is 25.8. The summed E-state index contributed by atoms with van der Waals surface area (Å²) in [6.07, 6.45) is 12.8. The summed E-state index contributed by atoms with van der Waals surface area (Å²) in [6, 6.07) is 16.2. The van der Waals surface area contributed by atoms with Crippen LogP contribution in [-0.2, 0) is 17.9 Å². The molecule has 1 aliphatic heterocycles. The van der Waals surface area contributed by atoms with Crippen LogP contribution < -0.4 is 10.5 Å². The second kappa shape index (κ2) is 15.9. The first-order valence-electron chi connectivity index (χ1n) is 15.6. The summed E-state index contributed by atoms with van der Waals surface area (Å²) < 4.78 is 6.12. The van der Waals surface area contributed by atoms with Crippen LogP contribution in [0.25, 0.3) is 0 Å². The Balaban J connectivity index is 0.00000221. The molecule has 6 rings (SSSR count). The van der Waals surface area contributed by atoms with E-state index in [0.29, 0.717) is 37.2 Å². The molecule has 2 aliphatic carbocycles. The van der Waals surface area contributed by atoms with Gasteiger partial charge >= 0.3 is 0 Å². The summed E-state index contributed by atoms with van der Waals surface area (Å²) in [6.45, 7) is 1.06. The topological polar surface area (TPSA) is 126 Å². The van der Waals surface area contributed by atoms with Crippen molar-refractivity contribution in [3.05, 3.63) is 59.9 Å². The molecule has 11 heteroatoms. The lowest BCUT2D eigenvalue weighted by molar-refractivity contribution is -0.135. The number of carbonyl (C=O) groups is 1. The van der Waals surface area contributed by atoms with Crippen LogP contribution in [-0.4, -0.2) is 54.4 Å². The van der Waals surface area contributed by atoms with Gasteiger partial charge in [0.1, 0.15) is 11.5 Å². The Morgan fingerprint density at radius 1 is 1.00 bits per heavy atom. The minimum atomic E-state index is 0. The third-order valence-electron chi connectivity index (χ3n) is 9.18. The molecule has 0 bridgehead atoms. The normalized spacial score (nSPS) is 17.8. The highest BCUT2D eigenvalue weighted by Crippen LogP contribution is 2.37. The average molecular weight is 621 g/mol. The molecule has 2 aromatic carbocycles. The third kappa shape index (κ3) is 8.11. The molecule has 2 heterocycles. The molecule has 3 N–H and O–H groups in total. The van der Waals surface area contributed by atoms with E-state index in [1.807, 2.05) is 47.4 Å². The number of nitrogens with two attached hydrogens (primary N) is 1. The molecule has 0 saturated heterocycles. The van der Waals surface area contributed by atoms with Gasteiger partial charge in [-0.05, 0) is 68.4 Å². The molecule has 1 atom stereocenters. The van der Waals surface area contributed by atoms with E-state index in [0.717, 1.165) is 67.7 Å². The van der Waals surface area contributed by atoms with E-state index in [1.54, 1.807) is 0 Å². The first-order chi connectivity index (χ1) is 20.6. The van der Waals surface area contributed by atoms with Crippen molar-refractivity contribution in [3.63, 3.8) is 0 Å². The maximum atomic E-state index is 13.9. The highest BCUT2D eigenvalue weighted by Gasteiger charge is 2.34. The van der Waals surface area contributed by atoms with Gasteiger partial charge in [0, 0.05) is 30.6 Å². The molecule has 0 unspecified atom stereocenters. The van der Waals surface area contributed by atoms with Crippen LogP contribution in [0.2, 0.25) is 0 Å². The first-order valence-corrected chi connectivity index (χ1v) is 15.6. The smallest absolute Gasteiger partial charge is 0.223 e. The maximum Gasteiger partial charge on any atom is 0.223 e. The lowest BCUT2D eigenvalue weighted by Gasteiger charge is -2.41. The quantitative estimate of drug-likeness (QED) is 0.262. The van der Waals surface area contributed by atoms with E-state index in [1.165, 1.54) is 25.7 Å². The number of para-hydroxylation sites is 1. The molecular formula is C33H48N8O2S. The van der Waals surface area contributed by atoms with Gasteiger partial charge in [-0.2, -0.15) is 18.7 Å². The maximum absolute atomic E-state index is 13.9. The Morgan fingerprint density at radius 2 is 1.73 bits per heavy atom. The Morgan fingerprint density at radius 3 is 2.43 bits per heavy atom. The van der Waals surface area contributed by atoms with Crippen molar-refractivity contribution in [2.45, 2.75) is 110 Å². The van der Waals surface area contributed by atoms with Crippen LogP contribution in [0.4, 0.5) is 5.69 Å². The number of hydrogen-bond acceptors (Lipinski definition) is 8. The van der Waals surface area contributed by atoms with E-state index in [4.69, 9.17) is 15.5 Å². The summed E-state index contributed by atoms with van der Waals surface area (Å²) in [7, 11) is 0. The van der Waals surface area contributed by atoms with Gasteiger partial charge in [-0.15, -0.1) is 10.2 Å². The number of ether oxygens (including phenoxy) is 1. The predicted octanol–water partition coefficient (Wildman–Crippen LogP) is 6.59. The largest absolute Gasteiger partial charge is 0.457 e. The minimum absolute atomic E-state index is 0. The molecule has 238 valence electrons. The van der Waals surface area contributed by atoms with Crippen molar-refractivity contribution in [2.75, 3.05) is 0 Å². The summed E-state index contributed by atoms with van der Waals surface area (Å²) in [5.41, 5.74) is 8.63. The van der Waals surface area contributed by atoms with Gasteiger partial charge in [-0.1, -0.05) is 69.4 Å². The fraction of sp³-hybridized carbons (Fsp3) is 0.545. The summed E-state index contributed by atoms with van der Waals surface area (Å²) in [5, 5.41) is 14.5. The number of nitrogens with zero attached hydrogens (tertiary/aromatic N) is 6. The second-order valence-corrected chi connectivity index (χ2v) is 11.9. The average Bonchev–Trinajstić information content (AvgIpc) is 3.55. The van der Waals surface area contributed by atoms with Gasteiger partial charge in [0.05, 0.1) is 12.2 Å². The number of aromatic amines is 1. The molecule has 10 nitrogen and oxygen atoms in total. The van der Waals surface area contributed by atoms with Crippen molar-refractivity contribution < 1.29 is 9.53 Å². The molecule has 3 aliphatic rings. The Hall–Kier alpha value is -3.60. The molecule has 1 aromatic heterocycles. The van der Waals surface area contributed by atoms with Crippen LogP contribution in [0.3, 0.4) is 0 Å². The van der Waals surface area contributed by atoms with Gasteiger partial charge in [-0.3, -0.25) is 4.79 Å². The summed E-state index contributed by atoms with van der Waals surface area (Å²) in [4.78, 5) is 23.0. The standard InChI is InChI=1S/C32H42N8O2.CH4.H2S/c33-32-34-28-17-16-27(42-26-14-8-3-9-15-26)20-24(28)21-40(32)29(23-10-4-1-5-11-23)18-19-31(41)39(22-30-35-37-38-36-30)25-12-6-2-7-13-25;;/h3,8-9,14-17,20,23,25,29H,1-2,4-7,10-13,18-19,21-22H2,(H2,33,34)(H,35,36,37,38);1H4;1H2/t29-;;/m0../s1. The number of guanidine groups is 1. The second-order valence-electron chi connectivity index (χ2n) is 11.9. The van der Waals surface area contributed by atoms with E-state index >= 15 is 0 Å². The number of aromatic nitrogens is 4. The Bertz CT molecular complexity index is 1340. The van der Waals surface area contributed by atoms with E-state index in [-0.39, 0.29) is 38.9 Å². The molecule has 44 heavy (non-hydrogen) atoms. The van der Waals surface area contributed by atoms with Gasteiger partial charge in [0.25, 0.3) is 0 Å². The van der Waals surface area contributed by atoms with Crippen LogP contribution >= 0.6 is 13.5 Å². The zero-order chi connectivity index (χ0) is 28.7. The number of hydrogen-bond donors (Lipinski definition) is 2.